The summed E-state index contributed by atoms with van der Waals surface area (Å²) in [7, 11) is 4.20. The first kappa shape index (κ1) is 14.7. The van der Waals surface area contributed by atoms with Gasteiger partial charge in [-0.25, -0.2) is 0 Å². The summed E-state index contributed by atoms with van der Waals surface area (Å²) in [6.07, 6.45) is 6.59. The first-order chi connectivity index (χ1) is 10.2. The van der Waals surface area contributed by atoms with E-state index in [1.807, 2.05) is 0 Å². The van der Waals surface area contributed by atoms with Gasteiger partial charge in [0.1, 0.15) is 0 Å². The Labute approximate surface area is 129 Å². The molecule has 2 atom stereocenters. The van der Waals surface area contributed by atoms with E-state index in [0.29, 0.717) is 0 Å². The topological polar surface area (TPSA) is 18.5 Å². The molecule has 2 fully saturated rings. The van der Waals surface area contributed by atoms with Crippen LogP contribution in [-0.2, 0) is 0 Å². The second-order valence-corrected chi connectivity index (χ2v) is 6.83. The van der Waals surface area contributed by atoms with Crippen molar-refractivity contribution < 1.29 is 0 Å². The van der Waals surface area contributed by atoms with E-state index in [9.17, 15) is 0 Å². The molecule has 1 aromatic carbocycles. The molecule has 0 saturated carbocycles. The van der Waals surface area contributed by atoms with Gasteiger partial charge in [0.15, 0.2) is 0 Å². The van der Waals surface area contributed by atoms with E-state index in [-0.39, 0.29) is 0 Å². The number of hydrogen-bond acceptors (Lipinski definition) is 3. The molecule has 116 valence electrons. The van der Waals surface area contributed by atoms with E-state index in [1.54, 1.807) is 0 Å². The molecule has 3 nitrogen and oxygen atoms in total. The van der Waals surface area contributed by atoms with Gasteiger partial charge < -0.3 is 15.1 Å². The van der Waals surface area contributed by atoms with Crippen LogP contribution in [0.5, 0.6) is 0 Å². The van der Waals surface area contributed by atoms with Gasteiger partial charge in [-0.15, -0.1) is 0 Å². The van der Waals surface area contributed by atoms with E-state index in [4.69, 9.17) is 0 Å². The van der Waals surface area contributed by atoms with Crippen LogP contribution in [0.1, 0.15) is 39.0 Å². The summed E-state index contributed by atoms with van der Waals surface area (Å²) >= 11 is 0. The van der Waals surface area contributed by atoms with Gasteiger partial charge in [0.2, 0.25) is 0 Å². The Morgan fingerprint density at radius 1 is 1.10 bits per heavy atom. The Morgan fingerprint density at radius 3 is 2.24 bits per heavy atom. The Bertz CT molecular complexity index is 440. The van der Waals surface area contributed by atoms with Crippen LogP contribution in [0.2, 0.25) is 0 Å². The molecule has 21 heavy (non-hydrogen) atoms. The normalized spacial score (nSPS) is 28.0. The van der Waals surface area contributed by atoms with Crippen LogP contribution in [0, 0.1) is 0 Å². The highest BCUT2D eigenvalue weighted by atomic mass is 15.2. The quantitative estimate of drug-likeness (QED) is 0.897. The van der Waals surface area contributed by atoms with Gasteiger partial charge in [-0.05, 0) is 62.9 Å². The number of rotatable bonds is 5. The minimum Gasteiger partial charge on any atom is -0.378 e. The summed E-state index contributed by atoms with van der Waals surface area (Å²) in [5, 5.41) is 3.73. The number of hydrogen-bond donors (Lipinski definition) is 1. The SMILES string of the molecule is CCCNC1CC2CCC(C1)N2c1ccc(N(C)C)cc1. The molecule has 2 bridgehead atoms. The van der Waals surface area contributed by atoms with Gasteiger partial charge in [-0.1, -0.05) is 6.92 Å². The van der Waals surface area contributed by atoms with E-state index in [1.165, 1.54) is 50.0 Å². The Balaban J connectivity index is 1.70. The number of piperidine rings is 1. The van der Waals surface area contributed by atoms with Gasteiger partial charge in [-0.3, -0.25) is 0 Å². The van der Waals surface area contributed by atoms with Crippen LogP contribution in [0.4, 0.5) is 11.4 Å². The van der Waals surface area contributed by atoms with Crippen molar-refractivity contribution in [1.29, 1.82) is 0 Å². The second-order valence-electron chi connectivity index (χ2n) is 6.83. The first-order valence-electron chi connectivity index (χ1n) is 8.48. The fraction of sp³-hybridized carbons (Fsp3) is 0.667. The van der Waals surface area contributed by atoms with Crippen LogP contribution in [0.3, 0.4) is 0 Å². The molecular formula is C18H29N3. The average molecular weight is 287 g/mol. The maximum atomic E-state index is 3.73. The fourth-order valence-corrected chi connectivity index (χ4v) is 4.04. The van der Waals surface area contributed by atoms with E-state index in [0.717, 1.165) is 18.1 Å². The van der Waals surface area contributed by atoms with Crippen molar-refractivity contribution in [3.05, 3.63) is 24.3 Å². The highest BCUT2D eigenvalue weighted by molar-refractivity contribution is 5.57. The van der Waals surface area contributed by atoms with Crippen molar-refractivity contribution in [2.45, 2.75) is 57.2 Å². The second kappa shape index (κ2) is 6.27. The standard InChI is InChI=1S/C18H29N3/c1-4-11-19-14-12-17-9-10-18(13-14)21(17)16-7-5-15(6-8-16)20(2)3/h5-8,14,17-19H,4,9-13H2,1-3H3. The molecule has 2 aliphatic rings. The molecule has 2 unspecified atom stereocenters. The summed E-state index contributed by atoms with van der Waals surface area (Å²) in [6, 6.07) is 11.3. The smallest absolute Gasteiger partial charge is 0.0372 e. The molecule has 3 rings (SSSR count). The zero-order chi connectivity index (χ0) is 14.8. The third kappa shape index (κ3) is 3.03. The summed E-state index contributed by atoms with van der Waals surface area (Å²) in [4.78, 5) is 4.86. The van der Waals surface area contributed by atoms with Gasteiger partial charge in [-0.2, -0.15) is 0 Å². The summed E-state index contributed by atoms with van der Waals surface area (Å²) < 4.78 is 0. The Kier molecular flexibility index (Phi) is 4.39. The summed E-state index contributed by atoms with van der Waals surface area (Å²) in [6.45, 7) is 3.42. The van der Waals surface area contributed by atoms with E-state index < -0.39 is 0 Å². The molecule has 0 amide bonds. The van der Waals surface area contributed by atoms with Gasteiger partial charge in [0, 0.05) is 43.6 Å². The molecule has 0 aromatic heterocycles. The van der Waals surface area contributed by atoms with Crippen LogP contribution >= 0.6 is 0 Å². The fourth-order valence-electron chi connectivity index (χ4n) is 4.04. The Morgan fingerprint density at radius 2 is 1.71 bits per heavy atom. The van der Waals surface area contributed by atoms with E-state index in [2.05, 4.69) is 60.4 Å². The molecule has 0 aliphatic carbocycles. The van der Waals surface area contributed by atoms with Crippen LogP contribution < -0.4 is 15.1 Å². The van der Waals surface area contributed by atoms with Crippen molar-refractivity contribution in [3.63, 3.8) is 0 Å². The lowest BCUT2D eigenvalue weighted by Gasteiger charge is -2.41. The zero-order valence-electron chi connectivity index (χ0n) is 13.7. The minimum absolute atomic E-state index is 0.736. The van der Waals surface area contributed by atoms with Crippen molar-refractivity contribution >= 4 is 11.4 Å². The largest absolute Gasteiger partial charge is 0.378 e. The third-order valence-electron chi connectivity index (χ3n) is 5.08. The molecule has 0 spiro atoms. The number of nitrogens with zero attached hydrogens (tertiary/aromatic N) is 2. The molecule has 1 aromatic rings. The zero-order valence-corrected chi connectivity index (χ0v) is 13.7. The molecule has 0 radical (unpaired) electrons. The highest BCUT2D eigenvalue weighted by Gasteiger charge is 2.40. The van der Waals surface area contributed by atoms with Crippen molar-refractivity contribution in [1.82, 2.24) is 5.32 Å². The van der Waals surface area contributed by atoms with Crippen LogP contribution in [0.15, 0.2) is 24.3 Å². The van der Waals surface area contributed by atoms with Crippen molar-refractivity contribution in [3.8, 4) is 0 Å². The summed E-state index contributed by atoms with van der Waals surface area (Å²) in [5.74, 6) is 0. The predicted molar refractivity (Wildman–Crippen MR) is 91.4 cm³/mol. The first-order valence-corrected chi connectivity index (χ1v) is 8.48. The number of nitrogens with one attached hydrogen (secondary N) is 1. The molecular weight excluding hydrogens is 258 g/mol. The lowest BCUT2D eigenvalue weighted by Crippen LogP contribution is -2.49. The molecule has 1 N–H and O–H groups in total. The monoisotopic (exact) mass is 287 g/mol. The molecule has 2 heterocycles. The number of anilines is 2. The number of benzene rings is 1. The maximum absolute atomic E-state index is 3.73. The molecule has 2 saturated heterocycles. The van der Waals surface area contributed by atoms with Crippen molar-refractivity contribution in [2.24, 2.45) is 0 Å². The lowest BCUT2D eigenvalue weighted by atomic mass is 9.96. The predicted octanol–water partition coefficient (Wildman–Crippen LogP) is 3.25. The van der Waals surface area contributed by atoms with Crippen LogP contribution in [-0.4, -0.2) is 38.8 Å². The van der Waals surface area contributed by atoms with Crippen molar-refractivity contribution in [2.75, 3.05) is 30.4 Å². The third-order valence-corrected chi connectivity index (χ3v) is 5.08. The molecule has 2 aliphatic heterocycles. The van der Waals surface area contributed by atoms with E-state index >= 15 is 0 Å². The average Bonchev–Trinajstić information content (AvgIpc) is 2.76. The highest BCUT2D eigenvalue weighted by Crippen LogP contribution is 2.39. The van der Waals surface area contributed by atoms with Gasteiger partial charge >= 0.3 is 0 Å². The number of fused-ring (bicyclic) bond motifs is 2. The van der Waals surface area contributed by atoms with Gasteiger partial charge in [0.05, 0.1) is 0 Å². The minimum atomic E-state index is 0.736. The summed E-state index contributed by atoms with van der Waals surface area (Å²) in [5.41, 5.74) is 2.70. The lowest BCUT2D eigenvalue weighted by molar-refractivity contribution is 0.357. The van der Waals surface area contributed by atoms with Gasteiger partial charge in [0.25, 0.3) is 0 Å². The maximum Gasteiger partial charge on any atom is 0.0372 e. The molecule has 3 heteroatoms. The van der Waals surface area contributed by atoms with Crippen LogP contribution in [0.25, 0.3) is 0 Å². The Hall–Kier alpha value is -1.22.